The predicted molar refractivity (Wildman–Crippen MR) is 71.3 cm³/mol. The molecule has 1 aromatic heterocycles. The van der Waals surface area contributed by atoms with Gasteiger partial charge in [-0.3, -0.25) is 9.78 Å². The monoisotopic (exact) mass is 254 g/mol. The third-order valence-electron chi connectivity index (χ3n) is 3.29. The number of nitrogens with zero attached hydrogens (tertiary/aromatic N) is 3. The van der Waals surface area contributed by atoms with Crippen LogP contribution >= 0.6 is 0 Å². The SMILES string of the molecule is Nc1cncc(C(=O)N2CCc3ccccc3C2)n1. The summed E-state index contributed by atoms with van der Waals surface area (Å²) >= 11 is 0. The van der Waals surface area contributed by atoms with Crippen molar-refractivity contribution in [3.8, 4) is 0 Å². The summed E-state index contributed by atoms with van der Waals surface area (Å²) in [6.45, 7) is 1.32. The molecule has 0 spiro atoms. The van der Waals surface area contributed by atoms with Crippen LogP contribution in [0.2, 0.25) is 0 Å². The molecule has 96 valence electrons. The number of aromatic nitrogens is 2. The minimum absolute atomic E-state index is 0.116. The van der Waals surface area contributed by atoms with Gasteiger partial charge in [0.15, 0.2) is 0 Å². The van der Waals surface area contributed by atoms with Gasteiger partial charge in [0, 0.05) is 13.1 Å². The smallest absolute Gasteiger partial charge is 0.274 e. The van der Waals surface area contributed by atoms with E-state index in [0.29, 0.717) is 18.8 Å². The van der Waals surface area contributed by atoms with Gasteiger partial charge < -0.3 is 10.6 Å². The highest BCUT2D eigenvalue weighted by atomic mass is 16.2. The van der Waals surface area contributed by atoms with Crippen molar-refractivity contribution in [1.82, 2.24) is 14.9 Å². The van der Waals surface area contributed by atoms with Crippen LogP contribution < -0.4 is 5.73 Å². The average Bonchev–Trinajstić information content (AvgIpc) is 2.46. The number of hydrogen-bond acceptors (Lipinski definition) is 4. The van der Waals surface area contributed by atoms with Crippen LogP contribution in [0.25, 0.3) is 0 Å². The molecule has 3 rings (SSSR count). The normalized spacial score (nSPS) is 14.0. The first-order valence-electron chi connectivity index (χ1n) is 6.17. The zero-order chi connectivity index (χ0) is 13.2. The molecule has 0 fully saturated rings. The molecule has 1 aliphatic rings. The fourth-order valence-electron chi connectivity index (χ4n) is 2.32. The maximum atomic E-state index is 12.3. The number of rotatable bonds is 1. The average molecular weight is 254 g/mol. The number of hydrogen-bond donors (Lipinski definition) is 1. The van der Waals surface area contributed by atoms with Crippen LogP contribution in [0.4, 0.5) is 5.82 Å². The Bertz CT molecular complexity index is 626. The summed E-state index contributed by atoms with van der Waals surface area (Å²) in [6.07, 6.45) is 3.76. The maximum absolute atomic E-state index is 12.3. The molecule has 5 heteroatoms. The van der Waals surface area contributed by atoms with Crippen molar-refractivity contribution in [2.45, 2.75) is 13.0 Å². The molecule has 0 saturated heterocycles. The Balaban J connectivity index is 1.83. The van der Waals surface area contributed by atoms with Gasteiger partial charge in [-0.05, 0) is 17.5 Å². The summed E-state index contributed by atoms with van der Waals surface area (Å²) in [6, 6.07) is 8.18. The summed E-state index contributed by atoms with van der Waals surface area (Å²) in [7, 11) is 0. The van der Waals surface area contributed by atoms with E-state index >= 15 is 0 Å². The van der Waals surface area contributed by atoms with Crippen molar-refractivity contribution in [1.29, 1.82) is 0 Å². The number of nitrogen functional groups attached to an aromatic ring is 1. The number of carbonyl (C=O) groups excluding carboxylic acids is 1. The summed E-state index contributed by atoms with van der Waals surface area (Å²) in [5.41, 5.74) is 8.37. The molecular formula is C14H14N4O. The lowest BCUT2D eigenvalue weighted by atomic mass is 10.00. The Morgan fingerprint density at radius 1 is 1.21 bits per heavy atom. The molecule has 0 saturated carbocycles. The lowest BCUT2D eigenvalue weighted by molar-refractivity contribution is 0.0728. The van der Waals surface area contributed by atoms with Gasteiger partial charge in [-0.2, -0.15) is 0 Å². The van der Waals surface area contributed by atoms with Gasteiger partial charge >= 0.3 is 0 Å². The highest BCUT2D eigenvalue weighted by Crippen LogP contribution is 2.19. The van der Waals surface area contributed by atoms with Gasteiger partial charge in [0.2, 0.25) is 0 Å². The molecule has 2 N–H and O–H groups in total. The lowest BCUT2D eigenvalue weighted by Gasteiger charge is -2.28. The Hall–Kier alpha value is -2.43. The van der Waals surface area contributed by atoms with Crippen molar-refractivity contribution < 1.29 is 4.79 Å². The van der Waals surface area contributed by atoms with Crippen LogP contribution in [-0.4, -0.2) is 27.3 Å². The summed E-state index contributed by atoms with van der Waals surface area (Å²) in [5.74, 6) is 0.151. The standard InChI is InChI=1S/C14H14N4O/c15-13-8-16-7-12(17-13)14(19)18-6-5-10-3-1-2-4-11(10)9-18/h1-4,7-8H,5-6,9H2,(H2,15,17). The summed E-state index contributed by atoms with van der Waals surface area (Å²) in [5, 5.41) is 0. The molecule has 2 heterocycles. The molecule has 5 nitrogen and oxygen atoms in total. The third-order valence-corrected chi connectivity index (χ3v) is 3.29. The molecule has 0 radical (unpaired) electrons. The second-order valence-corrected chi connectivity index (χ2v) is 4.57. The highest BCUT2D eigenvalue weighted by Gasteiger charge is 2.22. The van der Waals surface area contributed by atoms with E-state index < -0.39 is 0 Å². The second kappa shape index (κ2) is 4.68. The van der Waals surface area contributed by atoms with E-state index in [2.05, 4.69) is 22.1 Å². The van der Waals surface area contributed by atoms with Crippen molar-refractivity contribution in [2.75, 3.05) is 12.3 Å². The summed E-state index contributed by atoms with van der Waals surface area (Å²) in [4.78, 5) is 22.1. The molecule has 19 heavy (non-hydrogen) atoms. The zero-order valence-electron chi connectivity index (χ0n) is 10.4. The van der Waals surface area contributed by atoms with E-state index in [9.17, 15) is 4.79 Å². The van der Waals surface area contributed by atoms with Crippen LogP contribution in [0.3, 0.4) is 0 Å². The molecule has 1 aromatic carbocycles. The van der Waals surface area contributed by atoms with Crippen molar-refractivity contribution in [3.05, 3.63) is 53.5 Å². The van der Waals surface area contributed by atoms with E-state index in [4.69, 9.17) is 5.73 Å². The van der Waals surface area contributed by atoms with Gasteiger partial charge in [0.1, 0.15) is 11.5 Å². The van der Waals surface area contributed by atoms with Gasteiger partial charge in [-0.25, -0.2) is 4.98 Å². The first-order valence-corrected chi connectivity index (χ1v) is 6.17. The predicted octanol–water partition coefficient (Wildman–Crippen LogP) is 1.26. The number of nitrogens with two attached hydrogens (primary N) is 1. The van der Waals surface area contributed by atoms with Crippen LogP contribution in [0.5, 0.6) is 0 Å². The molecule has 1 aliphatic heterocycles. The lowest BCUT2D eigenvalue weighted by Crippen LogP contribution is -2.36. The third kappa shape index (κ3) is 2.27. The fourth-order valence-corrected chi connectivity index (χ4v) is 2.32. The van der Waals surface area contributed by atoms with Crippen LogP contribution in [0.1, 0.15) is 21.6 Å². The molecule has 0 aliphatic carbocycles. The first-order chi connectivity index (χ1) is 9.24. The molecule has 2 aromatic rings. The molecule has 0 bridgehead atoms. The first kappa shape index (κ1) is 11.6. The number of anilines is 1. The second-order valence-electron chi connectivity index (χ2n) is 4.57. The number of fused-ring (bicyclic) bond motifs is 1. The van der Waals surface area contributed by atoms with E-state index in [0.717, 1.165) is 6.42 Å². The summed E-state index contributed by atoms with van der Waals surface area (Å²) < 4.78 is 0. The molecule has 0 atom stereocenters. The van der Waals surface area contributed by atoms with Crippen LogP contribution in [0, 0.1) is 0 Å². The molecule has 1 amide bonds. The van der Waals surface area contributed by atoms with E-state index in [1.807, 2.05) is 12.1 Å². The minimum atomic E-state index is -0.116. The molecular weight excluding hydrogens is 240 g/mol. The van der Waals surface area contributed by atoms with Crippen LogP contribution in [0.15, 0.2) is 36.7 Å². The zero-order valence-corrected chi connectivity index (χ0v) is 10.4. The number of amides is 1. The maximum Gasteiger partial charge on any atom is 0.274 e. The van der Waals surface area contributed by atoms with Gasteiger partial charge in [0.05, 0.1) is 12.4 Å². The minimum Gasteiger partial charge on any atom is -0.382 e. The van der Waals surface area contributed by atoms with E-state index in [1.54, 1.807) is 4.90 Å². The number of benzene rings is 1. The van der Waals surface area contributed by atoms with Gasteiger partial charge in [-0.1, -0.05) is 24.3 Å². The Kier molecular flexibility index (Phi) is 2.87. The Labute approximate surface area is 111 Å². The van der Waals surface area contributed by atoms with Crippen molar-refractivity contribution >= 4 is 11.7 Å². The highest BCUT2D eigenvalue weighted by molar-refractivity contribution is 5.92. The molecule has 0 unspecified atom stereocenters. The Morgan fingerprint density at radius 2 is 2.00 bits per heavy atom. The largest absolute Gasteiger partial charge is 0.382 e. The van der Waals surface area contributed by atoms with Crippen LogP contribution in [-0.2, 0) is 13.0 Å². The topological polar surface area (TPSA) is 72.1 Å². The van der Waals surface area contributed by atoms with Gasteiger partial charge in [0.25, 0.3) is 5.91 Å². The number of carbonyl (C=O) groups is 1. The van der Waals surface area contributed by atoms with Gasteiger partial charge in [-0.15, -0.1) is 0 Å². The quantitative estimate of drug-likeness (QED) is 0.831. The fraction of sp³-hybridized carbons (Fsp3) is 0.214. The van der Waals surface area contributed by atoms with Crippen molar-refractivity contribution in [2.24, 2.45) is 0 Å². The van der Waals surface area contributed by atoms with E-state index in [1.165, 1.54) is 23.5 Å². The van der Waals surface area contributed by atoms with Crippen molar-refractivity contribution in [3.63, 3.8) is 0 Å². The Morgan fingerprint density at radius 3 is 2.79 bits per heavy atom. The van der Waals surface area contributed by atoms with E-state index in [-0.39, 0.29) is 11.7 Å².